The summed E-state index contributed by atoms with van der Waals surface area (Å²) in [5, 5.41) is 3.90. The fourth-order valence-electron chi connectivity index (χ4n) is 4.49. The van der Waals surface area contributed by atoms with E-state index in [2.05, 4.69) is 33.0 Å². The zero-order chi connectivity index (χ0) is 11.6. The van der Waals surface area contributed by atoms with E-state index in [1.165, 1.54) is 32.2 Å². The van der Waals surface area contributed by atoms with Gasteiger partial charge < -0.3 is 5.32 Å². The third-order valence-electron chi connectivity index (χ3n) is 6.70. The Bertz CT molecular complexity index is 296. The van der Waals surface area contributed by atoms with Crippen LogP contribution in [0.3, 0.4) is 0 Å². The lowest BCUT2D eigenvalue weighted by Crippen LogP contribution is -2.45. The molecule has 0 radical (unpaired) electrons. The maximum atomic E-state index is 3.90. The van der Waals surface area contributed by atoms with Gasteiger partial charge in [0, 0.05) is 6.04 Å². The fourth-order valence-corrected chi connectivity index (χ4v) is 4.49. The first-order chi connectivity index (χ1) is 7.45. The van der Waals surface area contributed by atoms with Crippen molar-refractivity contribution in [2.24, 2.45) is 28.6 Å². The normalized spacial score (nSPS) is 53.2. The molecule has 5 unspecified atom stereocenters. The highest BCUT2D eigenvalue weighted by molar-refractivity contribution is 5.13. The molecule has 2 bridgehead atoms. The number of rotatable bonds is 3. The van der Waals surface area contributed by atoms with Gasteiger partial charge in [0.2, 0.25) is 0 Å². The van der Waals surface area contributed by atoms with Gasteiger partial charge in [0.25, 0.3) is 0 Å². The largest absolute Gasteiger partial charge is 0.313 e. The van der Waals surface area contributed by atoms with Crippen molar-refractivity contribution in [3.63, 3.8) is 0 Å². The third-order valence-corrected chi connectivity index (χ3v) is 6.70. The summed E-state index contributed by atoms with van der Waals surface area (Å²) in [6.45, 7) is 11.2. The van der Waals surface area contributed by atoms with Gasteiger partial charge in [-0.2, -0.15) is 0 Å². The van der Waals surface area contributed by atoms with Crippen LogP contribution in [0.25, 0.3) is 0 Å². The van der Waals surface area contributed by atoms with Crippen molar-refractivity contribution in [1.29, 1.82) is 0 Å². The van der Waals surface area contributed by atoms with Crippen molar-refractivity contribution in [2.45, 2.75) is 59.4 Å². The first kappa shape index (κ1) is 11.1. The molecular formula is C15H27N. The van der Waals surface area contributed by atoms with Gasteiger partial charge in [-0.25, -0.2) is 0 Å². The molecule has 3 rings (SSSR count). The van der Waals surface area contributed by atoms with Gasteiger partial charge in [-0.05, 0) is 60.8 Å². The summed E-state index contributed by atoms with van der Waals surface area (Å²) >= 11 is 0. The summed E-state index contributed by atoms with van der Waals surface area (Å²) in [4.78, 5) is 0. The second-order valence-corrected chi connectivity index (χ2v) is 7.54. The predicted octanol–water partition coefficient (Wildman–Crippen LogP) is 3.45. The summed E-state index contributed by atoms with van der Waals surface area (Å²) < 4.78 is 0. The monoisotopic (exact) mass is 221 g/mol. The molecule has 0 aromatic carbocycles. The van der Waals surface area contributed by atoms with E-state index in [0.717, 1.165) is 23.8 Å². The average Bonchev–Trinajstić information content (AvgIpc) is 2.83. The van der Waals surface area contributed by atoms with Crippen molar-refractivity contribution in [3.05, 3.63) is 0 Å². The lowest BCUT2D eigenvalue weighted by Gasteiger charge is -2.39. The van der Waals surface area contributed by atoms with Gasteiger partial charge in [-0.15, -0.1) is 0 Å². The van der Waals surface area contributed by atoms with Crippen LogP contribution in [0.1, 0.15) is 53.4 Å². The van der Waals surface area contributed by atoms with E-state index in [1.54, 1.807) is 0 Å². The minimum atomic E-state index is 0.565. The summed E-state index contributed by atoms with van der Waals surface area (Å²) in [6, 6.07) is 0.800. The quantitative estimate of drug-likeness (QED) is 0.769. The molecule has 92 valence electrons. The number of hydrogen-bond acceptors (Lipinski definition) is 1. The molecular weight excluding hydrogens is 194 g/mol. The standard InChI is InChI=1S/C15H27N/c1-10-7-11(10)9-16-13-8-12-5-6-15(13,4)14(12,2)3/h10-13,16H,5-9H2,1-4H3. The topological polar surface area (TPSA) is 12.0 Å². The minimum Gasteiger partial charge on any atom is -0.313 e. The predicted molar refractivity (Wildman–Crippen MR) is 68.3 cm³/mol. The van der Waals surface area contributed by atoms with Gasteiger partial charge in [-0.3, -0.25) is 0 Å². The van der Waals surface area contributed by atoms with Crippen LogP contribution in [-0.4, -0.2) is 12.6 Å². The molecule has 1 nitrogen and oxygen atoms in total. The van der Waals surface area contributed by atoms with Crippen molar-refractivity contribution < 1.29 is 0 Å². The van der Waals surface area contributed by atoms with Gasteiger partial charge >= 0.3 is 0 Å². The lowest BCUT2D eigenvalue weighted by atomic mass is 9.69. The van der Waals surface area contributed by atoms with Gasteiger partial charge in [0.1, 0.15) is 0 Å². The SMILES string of the molecule is CC1CC1CNC1CC2CCC1(C)C2(C)C. The molecule has 16 heavy (non-hydrogen) atoms. The Kier molecular flexibility index (Phi) is 2.25. The molecule has 0 aromatic heterocycles. The Morgan fingerprint density at radius 1 is 1.19 bits per heavy atom. The Morgan fingerprint density at radius 3 is 2.31 bits per heavy atom. The number of nitrogens with one attached hydrogen (secondary N) is 1. The Labute approximate surface area is 100 Å². The molecule has 0 saturated heterocycles. The van der Waals surface area contributed by atoms with E-state index in [-0.39, 0.29) is 0 Å². The highest BCUT2D eigenvalue weighted by Crippen LogP contribution is 2.65. The number of fused-ring (bicyclic) bond motifs is 2. The molecule has 5 atom stereocenters. The first-order valence-corrected chi connectivity index (χ1v) is 7.18. The fraction of sp³-hybridized carbons (Fsp3) is 1.00. The Balaban J connectivity index is 1.65. The highest BCUT2D eigenvalue weighted by Gasteiger charge is 2.61. The summed E-state index contributed by atoms with van der Waals surface area (Å²) in [5.41, 5.74) is 1.13. The molecule has 1 N–H and O–H groups in total. The zero-order valence-corrected chi connectivity index (χ0v) is 11.3. The van der Waals surface area contributed by atoms with Crippen LogP contribution >= 0.6 is 0 Å². The highest BCUT2D eigenvalue weighted by atomic mass is 15.0. The molecule has 0 spiro atoms. The van der Waals surface area contributed by atoms with Crippen LogP contribution in [0, 0.1) is 28.6 Å². The minimum absolute atomic E-state index is 0.565. The van der Waals surface area contributed by atoms with E-state index >= 15 is 0 Å². The van der Waals surface area contributed by atoms with Gasteiger partial charge in [0.05, 0.1) is 0 Å². The van der Waals surface area contributed by atoms with E-state index in [1.807, 2.05) is 0 Å². The second-order valence-electron chi connectivity index (χ2n) is 7.54. The summed E-state index contributed by atoms with van der Waals surface area (Å²) in [7, 11) is 0. The molecule has 3 aliphatic carbocycles. The molecule has 0 aromatic rings. The molecule has 1 heteroatoms. The Hall–Kier alpha value is -0.0400. The van der Waals surface area contributed by atoms with Gasteiger partial charge in [-0.1, -0.05) is 27.7 Å². The molecule has 0 heterocycles. The average molecular weight is 221 g/mol. The third kappa shape index (κ3) is 1.33. The molecule has 3 saturated carbocycles. The van der Waals surface area contributed by atoms with Gasteiger partial charge in [0.15, 0.2) is 0 Å². The zero-order valence-electron chi connectivity index (χ0n) is 11.3. The van der Waals surface area contributed by atoms with Crippen LogP contribution in [0.15, 0.2) is 0 Å². The molecule has 3 fully saturated rings. The van der Waals surface area contributed by atoms with Crippen molar-refractivity contribution in [3.8, 4) is 0 Å². The van der Waals surface area contributed by atoms with Crippen LogP contribution in [0.2, 0.25) is 0 Å². The molecule has 0 aliphatic heterocycles. The molecule has 3 aliphatic rings. The maximum absolute atomic E-state index is 3.90. The smallest absolute Gasteiger partial charge is 0.0129 e. The van der Waals surface area contributed by atoms with Crippen LogP contribution in [0.5, 0.6) is 0 Å². The number of hydrogen-bond donors (Lipinski definition) is 1. The van der Waals surface area contributed by atoms with Crippen LogP contribution in [-0.2, 0) is 0 Å². The second kappa shape index (κ2) is 3.25. The van der Waals surface area contributed by atoms with E-state index < -0.39 is 0 Å². The molecule has 0 amide bonds. The van der Waals surface area contributed by atoms with E-state index in [4.69, 9.17) is 0 Å². The van der Waals surface area contributed by atoms with Crippen molar-refractivity contribution in [2.75, 3.05) is 6.54 Å². The summed E-state index contributed by atoms with van der Waals surface area (Å²) in [6.07, 6.45) is 5.82. The maximum Gasteiger partial charge on any atom is 0.0129 e. The van der Waals surface area contributed by atoms with E-state index in [0.29, 0.717) is 10.8 Å². The van der Waals surface area contributed by atoms with Crippen molar-refractivity contribution >= 4 is 0 Å². The van der Waals surface area contributed by atoms with Crippen molar-refractivity contribution in [1.82, 2.24) is 5.32 Å². The Morgan fingerprint density at radius 2 is 1.88 bits per heavy atom. The van der Waals surface area contributed by atoms with Crippen LogP contribution in [0.4, 0.5) is 0 Å². The van der Waals surface area contributed by atoms with E-state index in [9.17, 15) is 0 Å². The lowest BCUT2D eigenvalue weighted by molar-refractivity contribution is 0.120. The van der Waals surface area contributed by atoms with Crippen LogP contribution < -0.4 is 5.32 Å². The summed E-state index contributed by atoms with van der Waals surface area (Å²) in [5.74, 6) is 2.96. The first-order valence-electron chi connectivity index (χ1n) is 7.18.